The highest BCUT2D eigenvalue weighted by atomic mass is 16.6. The minimum atomic E-state index is -0.438. The van der Waals surface area contributed by atoms with Gasteiger partial charge in [-0.15, -0.1) is 0 Å². The second-order valence-electron chi connectivity index (χ2n) is 6.98. The maximum absolute atomic E-state index is 11.8. The molecule has 2 N–H and O–H groups in total. The average molecular weight is 284 g/mol. The zero-order valence-electron chi connectivity index (χ0n) is 12.9. The van der Waals surface area contributed by atoms with Crippen LogP contribution in [0.1, 0.15) is 40.0 Å². The van der Waals surface area contributed by atoms with E-state index in [0.717, 1.165) is 32.7 Å². The van der Waals surface area contributed by atoms with E-state index in [1.807, 2.05) is 20.8 Å². The zero-order valence-corrected chi connectivity index (χ0v) is 12.9. The maximum Gasteiger partial charge on any atom is 0.407 e. The summed E-state index contributed by atoms with van der Waals surface area (Å²) in [5, 5.41) is 6.47. The average Bonchev–Trinajstić information content (AvgIpc) is 3.04. The van der Waals surface area contributed by atoms with Gasteiger partial charge in [-0.3, -0.25) is 0 Å². The summed E-state index contributed by atoms with van der Waals surface area (Å²) in [5.41, 5.74) is -0.438. The number of nitrogens with one attached hydrogen (secondary N) is 2. The molecule has 1 heterocycles. The van der Waals surface area contributed by atoms with Crippen LogP contribution in [0.15, 0.2) is 0 Å². The van der Waals surface area contributed by atoms with E-state index in [1.54, 1.807) is 0 Å². The third-order valence-electron chi connectivity index (χ3n) is 3.71. The van der Waals surface area contributed by atoms with Crippen molar-refractivity contribution in [3.63, 3.8) is 0 Å². The summed E-state index contributed by atoms with van der Waals surface area (Å²) in [6.45, 7) is 9.19. The summed E-state index contributed by atoms with van der Waals surface area (Å²) < 4.78 is 10.7. The van der Waals surface area contributed by atoms with Crippen molar-refractivity contribution >= 4 is 6.09 Å². The van der Waals surface area contributed by atoms with E-state index in [2.05, 4.69) is 10.6 Å². The van der Waals surface area contributed by atoms with Gasteiger partial charge in [-0.05, 0) is 51.9 Å². The molecule has 1 saturated carbocycles. The van der Waals surface area contributed by atoms with Gasteiger partial charge in [0.05, 0.1) is 6.61 Å². The predicted octanol–water partition coefficient (Wildman–Crippen LogP) is 1.92. The molecule has 2 aliphatic rings. The topological polar surface area (TPSA) is 59.6 Å². The lowest BCUT2D eigenvalue weighted by Crippen LogP contribution is -2.46. The van der Waals surface area contributed by atoms with Crippen LogP contribution in [-0.4, -0.2) is 44.0 Å². The maximum atomic E-state index is 11.8. The summed E-state index contributed by atoms with van der Waals surface area (Å²) in [6, 6.07) is 0.187. The molecule has 0 aromatic rings. The van der Waals surface area contributed by atoms with Crippen molar-refractivity contribution in [3.8, 4) is 0 Å². The quantitative estimate of drug-likeness (QED) is 0.782. The Kier molecular flexibility index (Phi) is 5.27. The Hall–Kier alpha value is -0.810. The van der Waals surface area contributed by atoms with E-state index < -0.39 is 5.60 Å². The van der Waals surface area contributed by atoms with Crippen molar-refractivity contribution < 1.29 is 14.3 Å². The Bertz CT molecular complexity index is 318. The molecular weight excluding hydrogens is 256 g/mol. The first-order valence-corrected chi connectivity index (χ1v) is 7.72. The van der Waals surface area contributed by atoms with Crippen molar-refractivity contribution in [1.82, 2.24) is 10.6 Å². The summed E-state index contributed by atoms with van der Waals surface area (Å²) in [4.78, 5) is 11.8. The Morgan fingerprint density at radius 1 is 1.35 bits per heavy atom. The molecule has 0 bridgehead atoms. The summed E-state index contributed by atoms with van der Waals surface area (Å²) >= 11 is 0. The Morgan fingerprint density at radius 2 is 2.10 bits per heavy atom. The van der Waals surface area contributed by atoms with E-state index in [1.165, 1.54) is 12.8 Å². The van der Waals surface area contributed by atoms with Crippen molar-refractivity contribution in [1.29, 1.82) is 0 Å². The number of rotatable bonds is 6. The first-order chi connectivity index (χ1) is 9.44. The lowest BCUT2D eigenvalue weighted by Gasteiger charge is -2.24. The van der Waals surface area contributed by atoms with Gasteiger partial charge in [0, 0.05) is 25.7 Å². The van der Waals surface area contributed by atoms with E-state index in [0.29, 0.717) is 11.8 Å². The number of ether oxygens (including phenoxy) is 2. The molecule has 1 amide bonds. The van der Waals surface area contributed by atoms with Crippen LogP contribution in [0.25, 0.3) is 0 Å². The summed E-state index contributed by atoms with van der Waals surface area (Å²) in [7, 11) is 0. The molecule has 2 atom stereocenters. The highest BCUT2D eigenvalue weighted by Gasteiger charge is 2.33. The highest BCUT2D eigenvalue weighted by molar-refractivity contribution is 5.68. The Morgan fingerprint density at radius 3 is 2.65 bits per heavy atom. The molecule has 0 spiro atoms. The monoisotopic (exact) mass is 284 g/mol. The molecule has 5 heteroatoms. The van der Waals surface area contributed by atoms with Crippen LogP contribution in [0.5, 0.6) is 0 Å². The number of hydrogen-bond donors (Lipinski definition) is 2. The van der Waals surface area contributed by atoms with Gasteiger partial charge >= 0.3 is 6.09 Å². The van der Waals surface area contributed by atoms with Crippen LogP contribution in [-0.2, 0) is 9.47 Å². The van der Waals surface area contributed by atoms with Gasteiger partial charge in [-0.2, -0.15) is 0 Å². The van der Waals surface area contributed by atoms with E-state index in [9.17, 15) is 4.79 Å². The first-order valence-electron chi connectivity index (χ1n) is 7.72. The van der Waals surface area contributed by atoms with E-state index in [-0.39, 0.29) is 12.1 Å². The van der Waals surface area contributed by atoms with E-state index in [4.69, 9.17) is 9.47 Å². The summed E-state index contributed by atoms with van der Waals surface area (Å²) in [6.07, 6.45) is 3.24. The Labute approximate surface area is 121 Å². The molecule has 0 aromatic carbocycles. The number of amides is 1. The minimum Gasteiger partial charge on any atom is -0.444 e. The third kappa shape index (κ3) is 5.67. The Balaban J connectivity index is 1.68. The fourth-order valence-corrected chi connectivity index (χ4v) is 2.48. The summed E-state index contributed by atoms with van der Waals surface area (Å²) in [5.74, 6) is 1.23. The number of carbonyl (C=O) groups excluding carboxylic acids is 1. The lowest BCUT2D eigenvalue weighted by atomic mass is 10.1. The molecule has 0 radical (unpaired) electrons. The molecular formula is C15H28N2O3. The third-order valence-corrected chi connectivity index (χ3v) is 3.71. The van der Waals surface area contributed by atoms with Crippen molar-refractivity contribution in [2.75, 3.05) is 26.3 Å². The molecule has 2 rings (SSSR count). The smallest absolute Gasteiger partial charge is 0.407 e. The van der Waals surface area contributed by atoms with Crippen molar-refractivity contribution in [3.05, 3.63) is 0 Å². The molecule has 1 aliphatic carbocycles. The standard InChI is InChI=1S/C15H28N2O3/c1-15(2,3)20-14(18)17-13(12-4-5-12)9-16-8-11-6-7-19-10-11/h11-13,16H,4-10H2,1-3H3,(H,17,18). The van der Waals surface area contributed by atoms with Crippen LogP contribution >= 0.6 is 0 Å². The largest absolute Gasteiger partial charge is 0.444 e. The first kappa shape index (κ1) is 15.6. The van der Waals surface area contributed by atoms with Gasteiger partial charge in [-0.25, -0.2) is 4.79 Å². The van der Waals surface area contributed by atoms with Crippen LogP contribution in [0.4, 0.5) is 4.79 Å². The molecule has 20 heavy (non-hydrogen) atoms. The molecule has 2 fully saturated rings. The molecule has 5 nitrogen and oxygen atoms in total. The predicted molar refractivity (Wildman–Crippen MR) is 77.7 cm³/mol. The van der Waals surface area contributed by atoms with Gasteiger partial charge in [0.25, 0.3) is 0 Å². The van der Waals surface area contributed by atoms with Crippen molar-refractivity contribution in [2.24, 2.45) is 11.8 Å². The van der Waals surface area contributed by atoms with Crippen LogP contribution in [0.2, 0.25) is 0 Å². The molecule has 116 valence electrons. The van der Waals surface area contributed by atoms with Gasteiger partial charge in [0.1, 0.15) is 5.60 Å². The van der Waals surface area contributed by atoms with Crippen LogP contribution in [0, 0.1) is 11.8 Å². The molecule has 0 aromatic heterocycles. The number of alkyl carbamates (subject to hydrolysis) is 1. The van der Waals surface area contributed by atoms with Crippen LogP contribution in [0.3, 0.4) is 0 Å². The normalized spacial score (nSPS) is 24.4. The van der Waals surface area contributed by atoms with Gasteiger partial charge in [0.2, 0.25) is 0 Å². The van der Waals surface area contributed by atoms with Gasteiger partial charge in [-0.1, -0.05) is 0 Å². The van der Waals surface area contributed by atoms with E-state index >= 15 is 0 Å². The molecule has 1 aliphatic heterocycles. The fourth-order valence-electron chi connectivity index (χ4n) is 2.48. The second kappa shape index (κ2) is 6.76. The number of hydrogen-bond acceptors (Lipinski definition) is 4. The molecule has 1 saturated heterocycles. The second-order valence-corrected chi connectivity index (χ2v) is 6.98. The lowest BCUT2D eigenvalue weighted by molar-refractivity contribution is 0.0497. The van der Waals surface area contributed by atoms with Gasteiger partial charge in [0.15, 0.2) is 0 Å². The number of carbonyl (C=O) groups is 1. The molecule has 2 unspecified atom stereocenters. The minimum absolute atomic E-state index is 0.187. The van der Waals surface area contributed by atoms with Gasteiger partial charge < -0.3 is 20.1 Å². The van der Waals surface area contributed by atoms with Crippen molar-refractivity contribution in [2.45, 2.75) is 51.7 Å². The van der Waals surface area contributed by atoms with Crippen LogP contribution < -0.4 is 10.6 Å². The SMILES string of the molecule is CC(C)(C)OC(=O)NC(CNCC1CCOC1)C1CC1. The zero-order chi connectivity index (χ0) is 14.6. The highest BCUT2D eigenvalue weighted by Crippen LogP contribution is 2.32. The fraction of sp³-hybridized carbons (Fsp3) is 0.933.